The molecule has 0 saturated heterocycles. The Morgan fingerprint density at radius 3 is 2.43 bits per heavy atom. The average Bonchev–Trinajstić information content (AvgIpc) is 2.47. The molecule has 1 aliphatic rings. The van der Waals surface area contributed by atoms with Gasteiger partial charge in [-0.15, -0.1) is 0 Å². The van der Waals surface area contributed by atoms with Crippen LogP contribution in [0.5, 0.6) is 0 Å². The van der Waals surface area contributed by atoms with Gasteiger partial charge in [-0.25, -0.2) is 0 Å². The number of amides is 1. The van der Waals surface area contributed by atoms with E-state index in [0.717, 1.165) is 11.6 Å². The van der Waals surface area contributed by atoms with E-state index in [1.165, 1.54) is 4.90 Å². The van der Waals surface area contributed by atoms with Crippen molar-refractivity contribution in [2.45, 2.75) is 19.0 Å². The third-order valence-electron chi connectivity index (χ3n) is 3.36. The molecule has 1 heterocycles. The fourth-order valence-electron chi connectivity index (χ4n) is 2.14. The van der Waals surface area contributed by atoms with E-state index in [0.29, 0.717) is 5.56 Å². The van der Waals surface area contributed by atoms with Crippen LogP contribution in [-0.2, 0) is 11.2 Å². The van der Waals surface area contributed by atoms with Crippen LogP contribution in [0.15, 0.2) is 35.9 Å². The standard InChI is InChI=1S/C15H13F3N2O/c16-15(17,18)13-5-7-20(8-6-13)14(21)9-11-1-3-12(10-19)4-2-11/h1-5H,6-9H2. The summed E-state index contributed by atoms with van der Waals surface area (Å²) in [5, 5.41) is 8.68. The molecule has 6 heteroatoms. The lowest BCUT2D eigenvalue weighted by Gasteiger charge is -2.27. The predicted octanol–water partition coefficient (Wildman–Crippen LogP) is 2.82. The van der Waals surface area contributed by atoms with Crippen LogP contribution in [0.1, 0.15) is 17.5 Å². The van der Waals surface area contributed by atoms with Crippen LogP contribution in [0, 0.1) is 11.3 Å². The maximum atomic E-state index is 12.5. The zero-order chi connectivity index (χ0) is 15.5. The van der Waals surface area contributed by atoms with Crippen molar-refractivity contribution in [2.24, 2.45) is 0 Å². The molecular formula is C15H13F3N2O. The molecule has 0 saturated carbocycles. The van der Waals surface area contributed by atoms with Gasteiger partial charge < -0.3 is 4.90 Å². The van der Waals surface area contributed by atoms with Crippen molar-refractivity contribution in [3.63, 3.8) is 0 Å². The number of alkyl halides is 3. The molecule has 2 rings (SSSR count). The highest BCUT2D eigenvalue weighted by Gasteiger charge is 2.35. The van der Waals surface area contributed by atoms with E-state index in [-0.39, 0.29) is 31.8 Å². The molecule has 0 aromatic heterocycles. The smallest absolute Gasteiger partial charge is 0.338 e. The molecule has 0 radical (unpaired) electrons. The van der Waals surface area contributed by atoms with Crippen LogP contribution in [0.3, 0.4) is 0 Å². The topological polar surface area (TPSA) is 44.1 Å². The lowest BCUT2D eigenvalue weighted by atomic mass is 10.1. The minimum Gasteiger partial charge on any atom is -0.338 e. The summed E-state index contributed by atoms with van der Waals surface area (Å²) in [6, 6.07) is 8.56. The molecule has 0 spiro atoms. The number of nitrogens with zero attached hydrogens (tertiary/aromatic N) is 2. The van der Waals surface area contributed by atoms with Crippen molar-refractivity contribution in [1.82, 2.24) is 4.90 Å². The third-order valence-corrected chi connectivity index (χ3v) is 3.36. The largest absolute Gasteiger partial charge is 0.412 e. The number of rotatable bonds is 2. The van der Waals surface area contributed by atoms with Crippen molar-refractivity contribution < 1.29 is 18.0 Å². The molecule has 1 aliphatic heterocycles. The summed E-state index contributed by atoms with van der Waals surface area (Å²) in [6.45, 7) is 0.0738. The first-order valence-corrected chi connectivity index (χ1v) is 6.43. The Hall–Kier alpha value is -2.29. The number of carbonyl (C=O) groups excluding carboxylic acids is 1. The maximum absolute atomic E-state index is 12.5. The lowest BCUT2D eigenvalue weighted by molar-refractivity contribution is -0.131. The first kappa shape index (κ1) is 15.1. The van der Waals surface area contributed by atoms with Gasteiger partial charge in [0.05, 0.1) is 18.1 Å². The van der Waals surface area contributed by atoms with Crippen LogP contribution in [0.4, 0.5) is 13.2 Å². The Morgan fingerprint density at radius 1 is 1.29 bits per heavy atom. The van der Waals surface area contributed by atoms with Crippen molar-refractivity contribution in [3.05, 3.63) is 47.0 Å². The quantitative estimate of drug-likeness (QED) is 0.787. The van der Waals surface area contributed by atoms with Gasteiger partial charge in [0.25, 0.3) is 0 Å². The molecule has 1 aromatic carbocycles. The molecular weight excluding hydrogens is 281 g/mol. The van der Waals surface area contributed by atoms with Gasteiger partial charge >= 0.3 is 6.18 Å². The van der Waals surface area contributed by atoms with Gasteiger partial charge in [0.2, 0.25) is 5.91 Å². The van der Waals surface area contributed by atoms with E-state index in [1.54, 1.807) is 24.3 Å². The second-order valence-electron chi connectivity index (χ2n) is 4.80. The Labute approximate surface area is 120 Å². The molecule has 21 heavy (non-hydrogen) atoms. The van der Waals surface area contributed by atoms with Crippen molar-refractivity contribution >= 4 is 5.91 Å². The summed E-state index contributed by atoms with van der Waals surface area (Å²) in [5.41, 5.74) is 0.677. The number of nitriles is 1. The Morgan fingerprint density at radius 2 is 1.95 bits per heavy atom. The fraction of sp³-hybridized carbons (Fsp3) is 0.333. The zero-order valence-corrected chi connectivity index (χ0v) is 11.2. The van der Waals surface area contributed by atoms with Crippen LogP contribution >= 0.6 is 0 Å². The second-order valence-corrected chi connectivity index (χ2v) is 4.80. The van der Waals surface area contributed by atoms with Crippen LogP contribution in [-0.4, -0.2) is 30.1 Å². The number of halogens is 3. The number of hydrogen-bond acceptors (Lipinski definition) is 2. The Balaban J connectivity index is 1.96. The van der Waals surface area contributed by atoms with Gasteiger partial charge in [-0.1, -0.05) is 18.2 Å². The van der Waals surface area contributed by atoms with E-state index in [1.807, 2.05) is 6.07 Å². The molecule has 0 atom stereocenters. The molecule has 0 unspecified atom stereocenters. The molecule has 0 fully saturated rings. The predicted molar refractivity (Wildman–Crippen MR) is 70.2 cm³/mol. The molecule has 0 aliphatic carbocycles. The van der Waals surface area contributed by atoms with Gasteiger partial charge in [-0.3, -0.25) is 4.79 Å². The zero-order valence-electron chi connectivity index (χ0n) is 11.2. The highest BCUT2D eigenvalue weighted by Crippen LogP contribution is 2.30. The molecule has 1 aromatic rings. The molecule has 1 amide bonds. The van der Waals surface area contributed by atoms with Crippen molar-refractivity contribution in [1.29, 1.82) is 5.26 Å². The minimum absolute atomic E-state index is 0.00996. The summed E-state index contributed by atoms with van der Waals surface area (Å²) >= 11 is 0. The van der Waals surface area contributed by atoms with Crippen molar-refractivity contribution in [3.8, 4) is 6.07 Å². The summed E-state index contributed by atoms with van der Waals surface area (Å²) in [7, 11) is 0. The normalized spacial score (nSPS) is 15.3. The summed E-state index contributed by atoms with van der Waals surface area (Å²) < 4.78 is 37.5. The Bertz CT molecular complexity index is 597. The van der Waals surface area contributed by atoms with Gasteiger partial charge in [-0.05, 0) is 24.1 Å². The number of carbonyl (C=O) groups is 1. The highest BCUT2D eigenvalue weighted by atomic mass is 19.4. The minimum atomic E-state index is -4.30. The monoisotopic (exact) mass is 294 g/mol. The number of hydrogen-bond donors (Lipinski definition) is 0. The molecule has 0 N–H and O–H groups in total. The van der Waals surface area contributed by atoms with E-state index in [9.17, 15) is 18.0 Å². The molecule has 110 valence electrons. The van der Waals surface area contributed by atoms with Gasteiger partial charge in [0, 0.05) is 18.7 Å². The first-order valence-electron chi connectivity index (χ1n) is 6.43. The van der Waals surface area contributed by atoms with E-state index < -0.39 is 11.7 Å². The van der Waals surface area contributed by atoms with Crippen LogP contribution in [0.25, 0.3) is 0 Å². The number of benzene rings is 1. The van der Waals surface area contributed by atoms with Crippen LogP contribution < -0.4 is 0 Å². The van der Waals surface area contributed by atoms with Crippen LogP contribution in [0.2, 0.25) is 0 Å². The maximum Gasteiger partial charge on any atom is 0.412 e. The van der Waals surface area contributed by atoms with Gasteiger partial charge in [-0.2, -0.15) is 18.4 Å². The lowest BCUT2D eigenvalue weighted by Crippen LogP contribution is -2.37. The van der Waals surface area contributed by atoms with Crippen molar-refractivity contribution in [2.75, 3.05) is 13.1 Å². The fourth-order valence-corrected chi connectivity index (χ4v) is 2.14. The summed E-state index contributed by atoms with van der Waals surface area (Å²) in [6.07, 6.45) is -3.27. The molecule has 0 bridgehead atoms. The van der Waals surface area contributed by atoms with E-state index >= 15 is 0 Å². The first-order chi connectivity index (χ1) is 9.90. The SMILES string of the molecule is N#Cc1ccc(CC(=O)N2CC=C(C(F)(F)F)CC2)cc1. The van der Waals surface area contributed by atoms with E-state index in [2.05, 4.69) is 0 Å². The van der Waals surface area contributed by atoms with Gasteiger partial charge in [0.15, 0.2) is 0 Å². The third kappa shape index (κ3) is 3.85. The van der Waals surface area contributed by atoms with E-state index in [4.69, 9.17) is 5.26 Å². The summed E-state index contributed by atoms with van der Waals surface area (Å²) in [5.74, 6) is -0.211. The molecule has 3 nitrogen and oxygen atoms in total. The highest BCUT2D eigenvalue weighted by molar-refractivity contribution is 5.79. The Kier molecular flexibility index (Phi) is 4.32. The average molecular weight is 294 g/mol. The summed E-state index contributed by atoms with van der Waals surface area (Å²) in [4.78, 5) is 13.4. The van der Waals surface area contributed by atoms with Gasteiger partial charge in [0.1, 0.15) is 0 Å². The second kappa shape index (κ2) is 6.00.